The smallest absolute Gasteiger partial charge is 0.243 e. The number of fused-ring (bicyclic) bond motifs is 1. The standard InChI is InChI=1S/C19H26N2O6S/c22-19(20-15-2-1-9-25-13-15)14-5-7-21(8-6-14)28(23,24)16-3-4-17-18(12-16)27-11-10-26-17/h3-4,12,14-15H,1-2,5-11,13H2,(H,20,22). The van der Waals surface area contributed by atoms with Crippen molar-refractivity contribution in [2.24, 2.45) is 5.92 Å². The molecule has 0 saturated carbocycles. The number of nitrogens with one attached hydrogen (secondary N) is 1. The highest BCUT2D eigenvalue weighted by atomic mass is 32.2. The minimum Gasteiger partial charge on any atom is -0.486 e. The van der Waals surface area contributed by atoms with E-state index in [2.05, 4.69) is 5.32 Å². The van der Waals surface area contributed by atoms with Gasteiger partial charge in [-0.2, -0.15) is 4.31 Å². The van der Waals surface area contributed by atoms with Crippen LogP contribution in [0.5, 0.6) is 11.5 Å². The van der Waals surface area contributed by atoms with E-state index in [0.717, 1.165) is 19.4 Å². The van der Waals surface area contributed by atoms with Gasteiger partial charge in [-0.1, -0.05) is 0 Å². The van der Waals surface area contributed by atoms with Gasteiger partial charge in [0.15, 0.2) is 11.5 Å². The van der Waals surface area contributed by atoms with E-state index in [1.165, 1.54) is 10.4 Å². The lowest BCUT2D eigenvalue weighted by molar-refractivity contribution is -0.127. The average molecular weight is 410 g/mol. The largest absolute Gasteiger partial charge is 0.486 e. The second-order valence-corrected chi connectivity index (χ2v) is 9.34. The first-order valence-corrected chi connectivity index (χ1v) is 11.3. The quantitative estimate of drug-likeness (QED) is 0.800. The summed E-state index contributed by atoms with van der Waals surface area (Å²) in [4.78, 5) is 12.7. The molecule has 0 aromatic heterocycles. The van der Waals surface area contributed by atoms with E-state index in [1.807, 2.05) is 0 Å². The summed E-state index contributed by atoms with van der Waals surface area (Å²) < 4.78 is 43.8. The summed E-state index contributed by atoms with van der Waals surface area (Å²) in [5.41, 5.74) is 0. The van der Waals surface area contributed by atoms with Gasteiger partial charge in [0.1, 0.15) is 13.2 Å². The number of piperidine rings is 1. The number of ether oxygens (including phenoxy) is 3. The third kappa shape index (κ3) is 4.11. The van der Waals surface area contributed by atoms with Gasteiger partial charge in [0.2, 0.25) is 15.9 Å². The maximum Gasteiger partial charge on any atom is 0.243 e. The van der Waals surface area contributed by atoms with Gasteiger partial charge in [-0.3, -0.25) is 4.79 Å². The molecule has 4 rings (SSSR count). The van der Waals surface area contributed by atoms with E-state index < -0.39 is 10.0 Å². The Kier molecular flexibility index (Phi) is 5.75. The SMILES string of the molecule is O=C(NC1CCCOC1)C1CCN(S(=O)(=O)c2ccc3c(c2)OCCO3)CC1. The molecule has 0 radical (unpaired) electrons. The van der Waals surface area contributed by atoms with Crippen molar-refractivity contribution in [3.63, 3.8) is 0 Å². The van der Waals surface area contributed by atoms with Gasteiger partial charge in [-0.05, 0) is 37.8 Å². The van der Waals surface area contributed by atoms with Crippen molar-refractivity contribution < 1.29 is 27.4 Å². The Balaban J connectivity index is 1.36. The highest BCUT2D eigenvalue weighted by Gasteiger charge is 2.33. The molecule has 9 heteroatoms. The molecule has 1 N–H and O–H groups in total. The summed E-state index contributed by atoms with van der Waals surface area (Å²) in [7, 11) is -3.63. The Bertz CT molecular complexity index is 814. The Labute approximate surface area is 165 Å². The van der Waals surface area contributed by atoms with Crippen molar-refractivity contribution in [2.45, 2.75) is 36.6 Å². The fraction of sp³-hybridized carbons (Fsp3) is 0.632. The summed E-state index contributed by atoms with van der Waals surface area (Å²) >= 11 is 0. The summed E-state index contributed by atoms with van der Waals surface area (Å²) in [5.74, 6) is 0.865. The molecule has 0 aliphatic carbocycles. The third-order valence-electron chi connectivity index (χ3n) is 5.48. The van der Waals surface area contributed by atoms with E-state index in [-0.39, 0.29) is 22.8 Å². The Hall–Kier alpha value is -1.84. The van der Waals surface area contributed by atoms with Gasteiger partial charge >= 0.3 is 0 Å². The number of nitrogens with zero attached hydrogens (tertiary/aromatic N) is 1. The maximum atomic E-state index is 13.0. The van der Waals surface area contributed by atoms with Crippen LogP contribution in [-0.4, -0.2) is 64.2 Å². The second kappa shape index (κ2) is 8.26. The van der Waals surface area contributed by atoms with E-state index in [9.17, 15) is 13.2 Å². The molecule has 1 aromatic rings. The molecule has 1 atom stereocenters. The van der Waals surface area contributed by atoms with Crippen molar-refractivity contribution in [3.05, 3.63) is 18.2 Å². The highest BCUT2D eigenvalue weighted by molar-refractivity contribution is 7.89. The molecule has 3 aliphatic rings. The molecular weight excluding hydrogens is 384 g/mol. The van der Waals surface area contributed by atoms with Crippen LogP contribution < -0.4 is 14.8 Å². The van der Waals surface area contributed by atoms with Crippen LogP contribution in [0.2, 0.25) is 0 Å². The van der Waals surface area contributed by atoms with Gasteiger partial charge in [0.25, 0.3) is 0 Å². The van der Waals surface area contributed by atoms with Gasteiger partial charge in [0.05, 0.1) is 17.5 Å². The number of sulfonamides is 1. The predicted molar refractivity (Wildman–Crippen MR) is 101 cm³/mol. The van der Waals surface area contributed by atoms with Crippen molar-refractivity contribution in [3.8, 4) is 11.5 Å². The minimum absolute atomic E-state index is 0.00637. The second-order valence-electron chi connectivity index (χ2n) is 7.41. The first-order chi connectivity index (χ1) is 13.5. The van der Waals surface area contributed by atoms with E-state index in [0.29, 0.717) is 57.3 Å². The molecule has 3 aliphatic heterocycles. The van der Waals surface area contributed by atoms with E-state index in [4.69, 9.17) is 14.2 Å². The Morgan fingerprint density at radius 3 is 2.50 bits per heavy atom. The number of hydrogen-bond donors (Lipinski definition) is 1. The highest BCUT2D eigenvalue weighted by Crippen LogP contribution is 2.34. The molecule has 28 heavy (non-hydrogen) atoms. The Morgan fingerprint density at radius 2 is 1.79 bits per heavy atom. The van der Waals surface area contributed by atoms with Gasteiger partial charge in [-0.25, -0.2) is 8.42 Å². The minimum atomic E-state index is -3.63. The van der Waals surface area contributed by atoms with Crippen LogP contribution in [0.15, 0.2) is 23.1 Å². The summed E-state index contributed by atoms with van der Waals surface area (Å²) in [6, 6.07) is 4.77. The zero-order valence-electron chi connectivity index (χ0n) is 15.8. The first-order valence-electron chi connectivity index (χ1n) is 9.82. The summed E-state index contributed by atoms with van der Waals surface area (Å²) in [6.07, 6.45) is 2.92. The zero-order valence-corrected chi connectivity index (χ0v) is 16.6. The number of amides is 1. The molecule has 1 amide bonds. The van der Waals surface area contributed by atoms with Gasteiger partial charge in [0, 0.05) is 31.7 Å². The van der Waals surface area contributed by atoms with Crippen LogP contribution >= 0.6 is 0 Å². The molecule has 0 bridgehead atoms. The molecule has 3 heterocycles. The van der Waals surface area contributed by atoms with Crippen LogP contribution in [0.3, 0.4) is 0 Å². The van der Waals surface area contributed by atoms with Crippen molar-refractivity contribution in [1.82, 2.24) is 9.62 Å². The van der Waals surface area contributed by atoms with Crippen molar-refractivity contribution in [1.29, 1.82) is 0 Å². The lowest BCUT2D eigenvalue weighted by atomic mass is 9.96. The summed E-state index contributed by atoms with van der Waals surface area (Å²) in [5, 5.41) is 3.05. The maximum absolute atomic E-state index is 13.0. The molecule has 1 aromatic carbocycles. The van der Waals surface area contributed by atoms with Crippen LogP contribution in [0, 0.1) is 5.92 Å². The Morgan fingerprint density at radius 1 is 1.04 bits per heavy atom. The lowest BCUT2D eigenvalue weighted by Crippen LogP contribution is -2.47. The molecular formula is C19H26N2O6S. The van der Waals surface area contributed by atoms with Crippen molar-refractivity contribution >= 4 is 15.9 Å². The normalized spacial score (nSPS) is 23.9. The molecule has 2 saturated heterocycles. The topological polar surface area (TPSA) is 94.2 Å². The monoisotopic (exact) mass is 410 g/mol. The average Bonchev–Trinajstić information content (AvgIpc) is 2.74. The van der Waals surface area contributed by atoms with Crippen molar-refractivity contribution in [2.75, 3.05) is 39.5 Å². The van der Waals surface area contributed by atoms with Gasteiger partial charge in [-0.15, -0.1) is 0 Å². The fourth-order valence-corrected chi connectivity index (χ4v) is 5.35. The molecule has 8 nitrogen and oxygen atoms in total. The number of carbonyl (C=O) groups excluding carboxylic acids is 1. The fourth-order valence-electron chi connectivity index (χ4n) is 3.87. The van der Waals surface area contributed by atoms with Crippen LogP contribution in [-0.2, 0) is 19.6 Å². The molecule has 2 fully saturated rings. The number of rotatable bonds is 4. The number of carbonyl (C=O) groups is 1. The molecule has 154 valence electrons. The number of hydrogen-bond acceptors (Lipinski definition) is 6. The van der Waals surface area contributed by atoms with E-state index >= 15 is 0 Å². The lowest BCUT2D eigenvalue weighted by Gasteiger charge is -2.32. The predicted octanol–water partition coefficient (Wildman–Crippen LogP) is 1.15. The van der Waals surface area contributed by atoms with Gasteiger partial charge < -0.3 is 19.5 Å². The number of benzene rings is 1. The van der Waals surface area contributed by atoms with E-state index in [1.54, 1.807) is 12.1 Å². The first kappa shape index (κ1) is 19.5. The summed E-state index contributed by atoms with van der Waals surface area (Å²) in [6.45, 7) is 2.84. The van der Waals surface area contributed by atoms with Crippen LogP contribution in [0.4, 0.5) is 0 Å². The zero-order chi connectivity index (χ0) is 19.6. The van der Waals surface area contributed by atoms with Crippen LogP contribution in [0.1, 0.15) is 25.7 Å². The third-order valence-corrected chi connectivity index (χ3v) is 7.38. The molecule has 1 unspecified atom stereocenters. The molecule has 0 spiro atoms. The van der Waals surface area contributed by atoms with Crippen LogP contribution in [0.25, 0.3) is 0 Å².